The number of anilines is 5. The Hall–Kier alpha value is -5.03. The van der Waals surface area contributed by atoms with E-state index >= 15 is 0 Å². The maximum absolute atomic E-state index is 7.39. The van der Waals surface area contributed by atoms with Crippen molar-refractivity contribution in [3.63, 3.8) is 0 Å². The van der Waals surface area contributed by atoms with Crippen LogP contribution in [0.1, 0.15) is 177 Å². The molecular weight excluding hydrogens is 802 g/mol. The highest BCUT2D eigenvalue weighted by molar-refractivity contribution is 6.99. The molecule has 0 spiro atoms. The zero-order chi connectivity index (χ0) is 47.5. The summed E-state index contributed by atoms with van der Waals surface area (Å²) in [4.78, 5) is 11.1. The van der Waals surface area contributed by atoms with Crippen molar-refractivity contribution >= 4 is 51.9 Å². The van der Waals surface area contributed by atoms with Gasteiger partial charge < -0.3 is 9.32 Å². The van der Waals surface area contributed by atoms with Gasteiger partial charge >= 0.3 is 0 Å². The van der Waals surface area contributed by atoms with E-state index in [4.69, 9.17) is 9.40 Å². The van der Waals surface area contributed by atoms with Crippen LogP contribution in [0.4, 0.5) is 28.6 Å². The maximum atomic E-state index is 7.39. The van der Waals surface area contributed by atoms with Gasteiger partial charge in [0.25, 0.3) is 6.71 Å². The van der Waals surface area contributed by atoms with Crippen molar-refractivity contribution < 1.29 is 4.42 Å². The van der Waals surface area contributed by atoms with Crippen LogP contribution in [-0.2, 0) is 32.5 Å². The number of nitrogens with zero attached hydrogens (tertiary/aromatic N) is 3. The van der Waals surface area contributed by atoms with E-state index in [2.05, 4.69) is 218 Å². The summed E-state index contributed by atoms with van der Waals surface area (Å²) in [5.74, 6) is 1.48. The maximum Gasteiger partial charge on any atom is 0.279 e. The summed E-state index contributed by atoms with van der Waals surface area (Å²) in [5.41, 5.74) is 20.3. The summed E-state index contributed by atoms with van der Waals surface area (Å²) in [7, 11) is 0. The molecule has 4 aliphatic rings. The molecule has 5 heteroatoms. The monoisotopic (exact) mass is 876 g/mol. The Morgan fingerprint density at radius 2 is 1.06 bits per heavy atom. The second-order valence-electron chi connectivity index (χ2n) is 26.2. The third-order valence-electron chi connectivity index (χ3n) is 16.4. The molecule has 1 aromatic heterocycles. The molecule has 0 saturated heterocycles. The molecule has 2 atom stereocenters. The van der Waals surface area contributed by atoms with Crippen LogP contribution in [0, 0.1) is 0 Å². The molecule has 0 radical (unpaired) electrons. The fraction of sp³-hybridized carbons (Fsp3) is 0.459. The second-order valence-corrected chi connectivity index (χ2v) is 26.2. The molecule has 1 fully saturated rings. The van der Waals surface area contributed by atoms with Gasteiger partial charge in [0.2, 0.25) is 11.8 Å². The normalized spacial score (nSPS) is 20.3. The molecule has 0 bridgehead atoms. The Morgan fingerprint density at radius 1 is 0.545 bits per heavy atom. The molecule has 0 N–H and O–H groups in total. The van der Waals surface area contributed by atoms with Crippen molar-refractivity contribution in [2.45, 2.75) is 181 Å². The summed E-state index contributed by atoms with van der Waals surface area (Å²) >= 11 is 0. The van der Waals surface area contributed by atoms with Crippen molar-refractivity contribution in [2.24, 2.45) is 0 Å². The van der Waals surface area contributed by atoms with Gasteiger partial charge in [-0.1, -0.05) is 178 Å². The van der Waals surface area contributed by atoms with Crippen LogP contribution in [0.3, 0.4) is 0 Å². The highest BCUT2D eigenvalue weighted by Crippen LogP contribution is 2.63. The molecular formula is C61H74BN3O. The molecule has 2 unspecified atom stereocenters. The van der Waals surface area contributed by atoms with Crippen molar-refractivity contribution in [2.75, 3.05) is 9.80 Å². The van der Waals surface area contributed by atoms with E-state index in [1.807, 2.05) is 0 Å². The highest BCUT2D eigenvalue weighted by atomic mass is 16.4. The number of oxazole rings is 1. The summed E-state index contributed by atoms with van der Waals surface area (Å²) < 4.78 is 7.39. The molecule has 342 valence electrons. The summed E-state index contributed by atoms with van der Waals surface area (Å²) in [6, 6.07) is 35.3. The molecule has 10 rings (SSSR count). The lowest BCUT2D eigenvalue weighted by molar-refractivity contribution is 0.193. The molecule has 3 aliphatic heterocycles. The topological polar surface area (TPSA) is 32.5 Å². The zero-order valence-electron chi connectivity index (χ0n) is 43.3. The zero-order valence-corrected chi connectivity index (χ0v) is 43.3. The van der Waals surface area contributed by atoms with Crippen LogP contribution in [0.25, 0.3) is 22.6 Å². The van der Waals surface area contributed by atoms with Crippen LogP contribution in [-0.4, -0.2) is 17.2 Å². The first-order chi connectivity index (χ1) is 30.6. The molecule has 6 aromatic rings. The highest BCUT2D eigenvalue weighted by Gasteiger charge is 2.63. The van der Waals surface area contributed by atoms with E-state index < -0.39 is 0 Å². The van der Waals surface area contributed by atoms with Gasteiger partial charge in [0, 0.05) is 33.7 Å². The van der Waals surface area contributed by atoms with Crippen LogP contribution in [0.5, 0.6) is 0 Å². The Balaban J connectivity index is 1.27. The van der Waals surface area contributed by atoms with Gasteiger partial charge in [-0.3, -0.25) is 4.90 Å². The second kappa shape index (κ2) is 14.3. The van der Waals surface area contributed by atoms with E-state index in [0.29, 0.717) is 5.89 Å². The van der Waals surface area contributed by atoms with Crippen LogP contribution in [0.2, 0.25) is 0 Å². The van der Waals surface area contributed by atoms with Crippen LogP contribution < -0.4 is 26.3 Å². The Labute approximate surface area is 397 Å². The van der Waals surface area contributed by atoms with Crippen molar-refractivity contribution in [3.05, 3.63) is 124 Å². The van der Waals surface area contributed by atoms with E-state index in [9.17, 15) is 0 Å². The van der Waals surface area contributed by atoms with Crippen molar-refractivity contribution in [1.29, 1.82) is 0 Å². The Kier molecular flexibility index (Phi) is 9.67. The van der Waals surface area contributed by atoms with Gasteiger partial charge in [0.15, 0.2) is 0 Å². The first kappa shape index (κ1) is 44.8. The van der Waals surface area contributed by atoms with Gasteiger partial charge in [-0.05, 0) is 139 Å². The smallest absolute Gasteiger partial charge is 0.279 e. The first-order valence-electron chi connectivity index (χ1n) is 25.0. The largest absolute Gasteiger partial charge is 0.420 e. The molecule has 4 nitrogen and oxygen atoms in total. The predicted molar refractivity (Wildman–Crippen MR) is 283 cm³/mol. The number of rotatable bonds is 3. The lowest BCUT2D eigenvalue weighted by Gasteiger charge is -2.52. The summed E-state index contributed by atoms with van der Waals surface area (Å²) in [6.07, 6.45) is 4.83. The summed E-state index contributed by atoms with van der Waals surface area (Å²) in [5, 5.41) is 0. The molecule has 1 aliphatic carbocycles. The van der Waals surface area contributed by atoms with Gasteiger partial charge in [-0.25, -0.2) is 4.98 Å². The predicted octanol–water partition coefficient (Wildman–Crippen LogP) is 14.9. The third kappa shape index (κ3) is 6.70. The minimum absolute atomic E-state index is 0.0142. The van der Waals surface area contributed by atoms with E-state index in [1.54, 1.807) is 5.56 Å². The lowest BCUT2D eigenvalue weighted by atomic mass is 9.35. The summed E-state index contributed by atoms with van der Waals surface area (Å²) in [6.45, 7) is 40.3. The average Bonchev–Trinajstić information content (AvgIpc) is 3.76. The SMILES string of the molecule is CC(C)(C)c1ccc(-c2ccc(-c3nc4c(o3)N(c3cc(C(C)(C)C)cc(C(C)(C)C)c3)c3cc(C(C)(C)C)cc5c3B4c3ccc(C(C)(C)C)c4c3N5C3(C)CCCCC43C)cc2)cc1. The van der Waals surface area contributed by atoms with E-state index in [-0.39, 0.29) is 44.7 Å². The number of hydrogen-bond donors (Lipinski definition) is 0. The number of hydrogen-bond acceptors (Lipinski definition) is 4. The fourth-order valence-corrected chi connectivity index (χ4v) is 12.0. The molecule has 5 aromatic carbocycles. The minimum Gasteiger partial charge on any atom is -0.420 e. The number of fused-ring (bicyclic) bond motifs is 7. The van der Waals surface area contributed by atoms with Crippen molar-refractivity contribution in [1.82, 2.24) is 4.98 Å². The first-order valence-corrected chi connectivity index (χ1v) is 25.0. The molecule has 0 amide bonds. The number of aromatic nitrogens is 1. The van der Waals surface area contributed by atoms with Gasteiger partial charge in [-0.2, -0.15) is 0 Å². The third-order valence-corrected chi connectivity index (χ3v) is 16.4. The van der Waals surface area contributed by atoms with E-state index in [1.165, 1.54) is 86.2 Å². The Bertz CT molecular complexity index is 2890. The molecule has 66 heavy (non-hydrogen) atoms. The van der Waals surface area contributed by atoms with Gasteiger partial charge in [-0.15, -0.1) is 0 Å². The van der Waals surface area contributed by atoms with Crippen molar-refractivity contribution in [3.8, 4) is 22.6 Å². The standard InChI is InChI=1S/C61H74BN3O/c1-55(2,3)40-26-24-38(25-27-40)37-20-22-39(23-21-37)53-63-52-54(66-53)64(44-33-41(56(4,5)6)32-42(34-44)57(7,8)9)47-35-43(58(10,11)12)36-48-50(47)62(52)46-29-28-45(59(13,14)15)49-51(46)65(48)61(17)31-19-18-30-60(49,61)16/h20-29,32-36H,18-19,30-31H2,1-17H3. The lowest BCUT2D eigenvalue weighted by Crippen LogP contribution is -2.64. The van der Waals surface area contributed by atoms with Crippen LogP contribution in [0.15, 0.2) is 95.4 Å². The average molecular weight is 876 g/mol. The molecule has 4 heterocycles. The Morgan fingerprint density at radius 3 is 1.62 bits per heavy atom. The minimum atomic E-state index is -0.106. The van der Waals surface area contributed by atoms with Crippen LogP contribution >= 0.6 is 0 Å². The quantitative estimate of drug-likeness (QED) is 0.166. The van der Waals surface area contributed by atoms with Gasteiger partial charge in [0.05, 0.1) is 11.1 Å². The fourth-order valence-electron chi connectivity index (χ4n) is 12.0. The van der Waals surface area contributed by atoms with Gasteiger partial charge in [0.1, 0.15) is 0 Å². The van der Waals surface area contributed by atoms with E-state index in [0.717, 1.165) is 29.1 Å². The number of benzene rings is 5. The molecule has 1 saturated carbocycles.